The van der Waals surface area contributed by atoms with Crippen molar-refractivity contribution in [2.45, 2.75) is 45.7 Å². The van der Waals surface area contributed by atoms with Gasteiger partial charge in [0, 0.05) is 6.04 Å². The monoisotopic (exact) mass is 169 g/mol. The zero-order valence-corrected chi connectivity index (χ0v) is 8.05. The lowest BCUT2D eigenvalue weighted by Crippen LogP contribution is -2.48. The van der Waals surface area contributed by atoms with E-state index in [0.717, 1.165) is 0 Å². The Morgan fingerprint density at radius 3 is 2.00 bits per heavy atom. The highest BCUT2D eigenvalue weighted by atomic mass is 16.2. The maximum Gasteiger partial charge on any atom is 0.231 e. The standard InChI is InChI=1S/C9H15NO2/c1-6(2)10-8(12)5-7(11)9(10,3)4/h6H,5H2,1-4H3. The Kier molecular flexibility index (Phi) is 1.98. The third-order valence-corrected chi connectivity index (χ3v) is 2.38. The molecule has 1 aliphatic rings. The van der Waals surface area contributed by atoms with Crippen LogP contribution < -0.4 is 0 Å². The molecule has 0 atom stereocenters. The lowest BCUT2D eigenvalue weighted by atomic mass is 10.00. The molecule has 0 N–H and O–H groups in total. The smallest absolute Gasteiger partial charge is 0.231 e. The molecule has 0 aromatic heterocycles. The predicted molar refractivity (Wildman–Crippen MR) is 45.7 cm³/mol. The van der Waals surface area contributed by atoms with Crippen molar-refractivity contribution in [3.05, 3.63) is 0 Å². The summed E-state index contributed by atoms with van der Waals surface area (Å²) in [5.74, 6) is -0.0128. The van der Waals surface area contributed by atoms with E-state index in [1.54, 1.807) is 18.7 Å². The minimum absolute atomic E-state index is 0.0289. The average Bonchev–Trinajstić information content (AvgIpc) is 2.02. The molecule has 68 valence electrons. The van der Waals surface area contributed by atoms with E-state index >= 15 is 0 Å². The fourth-order valence-corrected chi connectivity index (χ4v) is 1.82. The molecule has 1 aliphatic heterocycles. The lowest BCUT2D eigenvalue weighted by Gasteiger charge is -2.33. The first-order valence-electron chi connectivity index (χ1n) is 4.23. The second-order valence-corrected chi connectivity index (χ2v) is 4.02. The Labute approximate surface area is 72.7 Å². The predicted octanol–water partition coefficient (Wildman–Crippen LogP) is 0.975. The van der Waals surface area contributed by atoms with Gasteiger partial charge in [0.05, 0.1) is 12.0 Å². The van der Waals surface area contributed by atoms with Gasteiger partial charge in [-0.1, -0.05) is 0 Å². The summed E-state index contributed by atoms with van der Waals surface area (Å²) in [6, 6.07) is 0.110. The van der Waals surface area contributed by atoms with E-state index in [-0.39, 0.29) is 24.2 Å². The van der Waals surface area contributed by atoms with Crippen molar-refractivity contribution in [1.29, 1.82) is 0 Å². The highest BCUT2D eigenvalue weighted by Crippen LogP contribution is 2.27. The van der Waals surface area contributed by atoms with E-state index in [2.05, 4.69) is 0 Å². The third kappa shape index (κ3) is 1.13. The van der Waals surface area contributed by atoms with Crippen LogP contribution in [0.15, 0.2) is 0 Å². The van der Waals surface area contributed by atoms with E-state index in [9.17, 15) is 9.59 Å². The molecule has 0 aliphatic carbocycles. The maximum atomic E-state index is 11.4. The Balaban J connectivity index is 2.99. The van der Waals surface area contributed by atoms with Gasteiger partial charge in [0.15, 0.2) is 5.78 Å². The van der Waals surface area contributed by atoms with Gasteiger partial charge >= 0.3 is 0 Å². The molecule has 0 aromatic rings. The fourth-order valence-electron chi connectivity index (χ4n) is 1.82. The first kappa shape index (κ1) is 9.23. The summed E-state index contributed by atoms with van der Waals surface area (Å²) < 4.78 is 0. The number of Topliss-reactive ketones (excluding diaryl/α,β-unsaturated/α-hetero) is 1. The molecule has 12 heavy (non-hydrogen) atoms. The molecule has 1 saturated heterocycles. The van der Waals surface area contributed by atoms with Crippen LogP contribution in [0.1, 0.15) is 34.1 Å². The molecule has 3 heteroatoms. The van der Waals surface area contributed by atoms with Crippen LogP contribution in [0, 0.1) is 0 Å². The molecule has 1 rings (SSSR count). The molecule has 0 radical (unpaired) electrons. The summed E-state index contributed by atoms with van der Waals surface area (Å²) >= 11 is 0. The number of carbonyl (C=O) groups excluding carboxylic acids is 2. The molecule has 1 amide bonds. The molecular weight excluding hydrogens is 154 g/mol. The summed E-state index contributed by atoms with van der Waals surface area (Å²) in [6.45, 7) is 7.47. The summed E-state index contributed by atoms with van der Waals surface area (Å²) in [5, 5.41) is 0. The molecule has 0 bridgehead atoms. The number of hydrogen-bond donors (Lipinski definition) is 0. The van der Waals surface area contributed by atoms with Gasteiger partial charge in [0.1, 0.15) is 0 Å². The van der Waals surface area contributed by atoms with Crippen molar-refractivity contribution >= 4 is 11.7 Å². The van der Waals surface area contributed by atoms with Crippen LogP contribution in [0.2, 0.25) is 0 Å². The van der Waals surface area contributed by atoms with Gasteiger partial charge in [0.2, 0.25) is 5.91 Å². The Bertz CT molecular complexity index is 231. The van der Waals surface area contributed by atoms with E-state index in [1.807, 2.05) is 13.8 Å². The largest absolute Gasteiger partial charge is 0.328 e. The van der Waals surface area contributed by atoms with Crippen molar-refractivity contribution < 1.29 is 9.59 Å². The molecular formula is C9H15NO2. The highest BCUT2D eigenvalue weighted by Gasteiger charge is 2.46. The van der Waals surface area contributed by atoms with E-state index in [1.165, 1.54) is 0 Å². The van der Waals surface area contributed by atoms with Gasteiger partial charge in [-0.25, -0.2) is 0 Å². The molecule has 1 fully saturated rings. The summed E-state index contributed by atoms with van der Waals surface area (Å²) in [6.07, 6.45) is 0.0746. The van der Waals surface area contributed by atoms with Gasteiger partial charge < -0.3 is 4.90 Å². The van der Waals surface area contributed by atoms with Gasteiger partial charge in [-0.3, -0.25) is 9.59 Å². The number of ketones is 1. The second-order valence-electron chi connectivity index (χ2n) is 4.02. The number of likely N-dealkylation sites (tertiary alicyclic amines) is 1. The number of amides is 1. The summed E-state index contributed by atoms with van der Waals surface area (Å²) in [4.78, 5) is 24.4. The van der Waals surface area contributed by atoms with Gasteiger partial charge in [0.25, 0.3) is 0 Å². The second kappa shape index (κ2) is 2.57. The van der Waals surface area contributed by atoms with Gasteiger partial charge in [-0.05, 0) is 27.7 Å². The van der Waals surface area contributed by atoms with Crippen molar-refractivity contribution in [3.8, 4) is 0 Å². The van der Waals surface area contributed by atoms with Crippen LogP contribution >= 0.6 is 0 Å². The van der Waals surface area contributed by atoms with Gasteiger partial charge in [-0.15, -0.1) is 0 Å². The first-order chi connectivity index (χ1) is 5.37. The average molecular weight is 169 g/mol. The molecule has 1 heterocycles. The summed E-state index contributed by atoms with van der Waals surface area (Å²) in [7, 11) is 0. The van der Waals surface area contributed by atoms with Crippen molar-refractivity contribution in [1.82, 2.24) is 4.90 Å². The van der Waals surface area contributed by atoms with E-state index in [4.69, 9.17) is 0 Å². The maximum absolute atomic E-state index is 11.4. The van der Waals surface area contributed by atoms with E-state index < -0.39 is 5.54 Å². The molecule has 0 saturated carbocycles. The number of nitrogens with zero attached hydrogens (tertiary/aromatic N) is 1. The third-order valence-electron chi connectivity index (χ3n) is 2.38. The number of hydrogen-bond acceptors (Lipinski definition) is 2. The van der Waals surface area contributed by atoms with Crippen LogP contribution in [0.5, 0.6) is 0 Å². The van der Waals surface area contributed by atoms with Crippen molar-refractivity contribution in [2.24, 2.45) is 0 Å². The Morgan fingerprint density at radius 1 is 1.33 bits per heavy atom. The lowest BCUT2D eigenvalue weighted by molar-refractivity contribution is -0.133. The van der Waals surface area contributed by atoms with Crippen LogP contribution in [-0.4, -0.2) is 28.2 Å². The quantitative estimate of drug-likeness (QED) is 0.548. The van der Waals surface area contributed by atoms with E-state index in [0.29, 0.717) is 0 Å². The Hall–Kier alpha value is -0.860. The van der Waals surface area contributed by atoms with Crippen LogP contribution in [0.25, 0.3) is 0 Å². The fraction of sp³-hybridized carbons (Fsp3) is 0.778. The van der Waals surface area contributed by atoms with Crippen LogP contribution in [0.4, 0.5) is 0 Å². The molecule has 0 spiro atoms. The van der Waals surface area contributed by atoms with Crippen molar-refractivity contribution in [2.75, 3.05) is 0 Å². The molecule has 0 aromatic carbocycles. The number of rotatable bonds is 1. The van der Waals surface area contributed by atoms with Crippen LogP contribution in [0.3, 0.4) is 0 Å². The summed E-state index contributed by atoms with van der Waals surface area (Å²) in [5.41, 5.74) is -0.592. The zero-order valence-electron chi connectivity index (χ0n) is 8.05. The first-order valence-corrected chi connectivity index (χ1v) is 4.23. The normalized spacial score (nSPS) is 22.6. The zero-order chi connectivity index (χ0) is 9.52. The molecule has 0 unspecified atom stereocenters. The minimum atomic E-state index is -0.592. The molecule has 3 nitrogen and oxygen atoms in total. The highest BCUT2D eigenvalue weighted by molar-refractivity contribution is 6.09. The SMILES string of the molecule is CC(C)N1C(=O)CC(=O)C1(C)C. The Morgan fingerprint density at radius 2 is 1.83 bits per heavy atom. The van der Waals surface area contributed by atoms with Crippen molar-refractivity contribution in [3.63, 3.8) is 0 Å². The number of carbonyl (C=O) groups is 2. The van der Waals surface area contributed by atoms with Crippen LogP contribution in [-0.2, 0) is 9.59 Å². The minimum Gasteiger partial charge on any atom is -0.328 e. The topological polar surface area (TPSA) is 37.4 Å². The van der Waals surface area contributed by atoms with Gasteiger partial charge in [-0.2, -0.15) is 0 Å².